The highest BCUT2D eigenvalue weighted by Crippen LogP contribution is 2.27. The lowest BCUT2D eigenvalue weighted by Gasteiger charge is -2.17. The zero-order chi connectivity index (χ0) is 15.0. The number of amides is 2. The number of rotatable bonds is 3. The molecular weight excluding hydrogens is 279 g/mol. The Morgan fingerprint density at radius 2 is 1.85 bits per heavy atom. The molecule has 0 bridgehead atoms. The van der Waals surface area contributed by atoms with Crippen LogP contribution in [0, 0.1) is 17.7 Å². The zero-order valence-corrected chi connectivity index (χ0v) is 12.0. The Morgan fingerprint density at radius 3 is 2.35 bits per heavy atom. The number of hydrogen-bond donors (Lipinski definition) is 1. The molecule has 0 aromatic heterocycles. The van der Waals surface area contributed by atoms with Gasteiger partial charge >= 0.3 is 0 Å². The molecule has 1 saturated heterocycles. The van der Waals surface area contributed by atoms with Crippen molar-refractivity contribution in [3.8, 4) is 0 Å². The molecule has 106 valence electrons. The molecule has 2 amide bonds. The van der Waals surface area contributed by atoms with E-state index in [1.54, 1.807) is 13.8 Å². The topological polar surface area (TPSA) is 63.4 Å². The van der Waals surface area contributed by atoms with Crippen molar-refractivity contribution in [2.75, 3.05) is 0 Å². The smallest absolute Gasteiger partial charge is 0.233 e. The van der Waals surface area contributed by atoms with Crippen LogP contribution in [0.25, 0.3) is 0 Å². The monoisotopic (exact) mass is 294 g/mol. The number of halogens is 1. The highest BCUT2D eigenvalue weighted by atomic mass is 32.1. The molecule has 1 aliphatic heterocycles. The van der Waals surface area contributed by atoms with Crippen molar-refractivity contribution in [1.82, 2.24) is 4.90 Å². The van der Waals surface area contributed by atoms with Gasteiger partial charge in [0.25, 0.3) is 0 Å². The van der Waals surface area contributed by atoms with E-state index in [9.17, 15) is 14.0 Å². The van der Waals surface area contributed by atoms with Crippen molar-refractivity contribution in [2.45, 2.75) is 20.4 Å². The van der Waals surface area contributed by atoms with Crippen LogP contribution in [0.15, 0.2) is 18.2 Å². The second kappa shape index (κ2) is 5.28. The summed E-state index contributed by atoms with van der Waals surface area (Å²) >= 11 is 4.91. The van der Waals surface area contributed by atoms with E-state index in [1.807, 2.05) is 0 Å². The number of benzene rings is 1. The van der Waals surface area contributed by atoms with Crippen LogP contribution in [0.3, 0.4) is 0 Å². The van der Waals surface area contributed by atoms with E-state index in [2.05, 4.69) is 0 Å². The molecule has 1 aliphatic rings. The van der Waals surface area contributed by atoms with Gasteiger partial charge in [-0.3, -0.25) is 14.5 Å². The summed E-state index contributed by atoms with van der Waals surface area (Å²) in [6.07, 6.45) is 0. The molecule has 1 heterocycles. The van der Waals surface area contributed by atoms with Gasteiger partial charge in [-0.2, -0.15) is 0 Å². The fraction of sp³-hybridized carbons (Fsp3) is 0.357. The first-order valence-corrected chi connectivity index (χ1v) is 6.67. The third kappa shape index (κ3) is 2.43. The summed E-state index contributed by atoms with van der Waals surface area (Å²) in [5, 5.41) is 0. The summed E-state index contributed by atoms with van der Waals surface area (Å²) in [6, 6.07) is 3.96. The van der Waals surface area contributed by atoms with Gasteiger partial charge in [-0.1, -0.05) is 26.1 Å². The molecule has 1 aromatic rings. The second-order valence-electron chi connectivity index (χ2n) is 5.01. The Morgan fingerprint density at radius 1 is 1.30 bits per heavy atom. The summed E-state index contributed by atoms with van der Waals surface area (Å²) in [6.45, 7) is 3.42. The first-order valence-electron chi connectivity index (χ1n) is 6.26. The molecule has 20 heavy (non-hydrogen) atoms. The maximum Gasteiger partial charge on any atom is 0.233 e. The summed E-state index contributed by atoms with van der Waals surface area (Å²) in [5.74, 6) is -1.67. The minimum absolute atomic E-state index is 0.00319. The number of thiocarbonyl (C=S) groups is 1. The van der Waals surface area contributed by atoms with Gasteiger partial charge in [0.1, 0.15) is 10.8 Å². The maximum atomic E-state index is 13.4. The number of imide groups is 1. The Bertz CT molecular complexity index is 583. The molecule has 6 heteroatoms. The molecule has 4 nitrogen and oxygen atoms in total. The molecule has 0 radical (unpaired) electrons. The predicted octanol–water partition coefficient (Wildman–Crippen LogP) is 1.60. The van der Waals surface area contributed by atoms with Crippen molar-refractivity contribution in [3.63, 3.8) is 0 Å². The first kappa shape index (κ1) is 14.6. The van der Waals surface area contributed by atoms with Crippen LogP contribution >= 0.6 is 12.2 Å². The summed E-state index contributed by atoms with van der Waals surface area (Å²) < 4.78 is 13.4. The van der Waals surface area contributed by atoms with Crippen LogP contribution in [0.1, 0.15) is 25.0 Å². The number of carbonyl (C=O) groups is 2. The molecule has 2 atom stereocenters. The molecule has 0 spiro atoms. The minimum Gasteiger partial charge on any atom is -0.389 e. The van der Waals surface area contributed by atoms with E-state index >= 15 is 0 Å². The van der Waals surface area contributed by atoms with Crippen molar-refractivity contribution >= 4 is 29.0 Å². The number of nitrogens with two attached hydrogens (primary N) is 1. The van der Waals surface area contributed by atoms with Crippen LogP contribution in [-0.2, 0) is 16.1 Å². The molecule has 0 aliphatic carbocycles. The SMILES string of the molecule is CC1C(=O)N(Cc2cc(F)ccc2C(N)=S)C(=O)C1C. The predicted molar refractivity (Wildman–Crippen MR) is 76.2 cm³/mol. The van der Waals surface area contributed by atoms with Crippen molar-refractivity contribution in [1.29, 1.82) is 0 Å². The number of hydrogen-bond acceptors (Lipinski definition) is 3. The third-order valence-corrected chi connectivity index (χ3v) is 3.94. The van der Waals surface area contributed by atoms with E-state index in [-0.39, 0.29) is 35.2 Å². The lowest BCUT2D eigenvalue weighted by molar-refractivity contribution is -0.140. The van der Waals surface area contributed by atoms with E-state index < -0.39 is 5.82 Å². The van der Waals surface area contributed by atoms with Crippen molar-refractivity contribution in [2.24, 2.45) is 17.6 Å². The van der Waals surface area contributed by atoms with Crippen LogP contribution in [0.5, 0.6) is 0 Å². The third-order valence-electron chi connectivity index (χ3n) is 3.72. The molecule has 2 rings (SSSR count). The lowest BCUT2D eigenvalue weighted by atomic mass is 10.00. The Balaban J connectivity index is 2.35. The molecule has 2 N–H and O–H groups in total. The summed E-state index contributed by atoms with van der Waals surface area (Å²) in [7, 11) is 0. The van der Waals surface area contributed by atoms with Crippen LogP contribution in [0.4, 0.5) is 4.39 Å². The maximum absolute atomic E-state index is 13.4. The zero-order valence-electron chi connectivity index (χ0n) is 11.2. The van der Waals surface area contributed by atoms with Gasteiger partial charge in [0, 0.05) is 17.4 Å². The van der Waals surface area contributed by atoms with Crippen molar-refractivity contribution < 1.29 is 14.0 Å². The quantitative estimate of drug-likeness (QED) is 0.679. The van der Waals surface area contributed by atoms with Gasteiger partial charge in [-0.25, -0.2) is 4.39 Å². The fourth-order valence-corrected chi connectivity index (χ4v) is 2.49. The Labute approximate surface area is 121 Å². The average Bonchev–Trinajstić information content (AvgIpc) is 2.56. The molecule has 0 saturated carbocycles. The summed E-state index contributed by atoms with van der Waals surface area (Å²) in [4.78, 5) is 25.3. The second-order valence-corrected chi connectivity index (χ2v) is 5.45. The van der Waals surface area contributed by atoms with Gasteiger partial charge in [-0.15, -0.1) is 0 Å². The average molecular weight is 294 g/mol. The molecular formula is C14H15FN2O2S. The highest BCUT2D eigenvalue weighted by molar-refractivity contribution is 7.80. The number of carbonyl (C=O) groups excluding carboxylic acids is 2. The van der Waals surface area contributed by atoms with E-state index in [0.29, 0.717) is 11.1 Å². The van der Waals surface area contributed by atoms with Crippen LogP contribution in [-0.4, -0.2) is 21.7 Å². The normalized spacial score (nSPS) is 22.4. The van der Waals surface area contributed by atoms with Gasteiger partial charge in [0.2, 0.25) is 11.8 Å². The number of nitrogens with zero attached hydrogens (tertiary/aromatic N) is 1. The van der Waals surface area contributed by atoms with E-state index in [4.69, 9.17) is 18.0 Å². The highest BCUT2D eigenvalue weighted by Gasteiger charge is 2.42. The van der Waals surface area contributed by atoms with Crippen LogP contribution in [0.2, 0.25) is 0 Å². The van der Waals surface area contributed by atoms with Crippen molar-refractivity contribution in [3.05, 3.63) is 35.1 Å². The minimum atomic E-state index is -0.458. The molecule has 1 fully saturated rings. The number of likely N-dealkylation sites (tertiary alicyclic amines) is 1. The van der Waals surface area contributed by atoms with Gasteiger partial charge < -0.3 is 5.73 Å². The Hall–Kier alpha value is -1.82. The van der Waals surface area contributed by atoms with Gasteiger partial charge in [0.05, 0.1) is 6.54 Å². The molecule has 2 unspecified atom stereocenters. The Kier molecular flexibility index (Phi) is 3.85. The standard InChI is InChI=1S/C14H15FN2O2S/c1-7-8(2)14(19)17(13(7)18)6-9-5-10(15)3-4-11(9)12(16)20/h3-5,7-8H,6H2,1-2H3,(H2,16,20). The lowest BCUT2D eigenvalue weighted by Crippen LogP contribution is -2.31. The fourth-order valence-electron chi connectivity index (χ4n) is 2.29. The summed E-state index contributed by atoms with van der Waals surface area (Å²) in [5.41, 5.74) is 6.51. The van der Waals surface area contributed by atoms with Gasteiger partial charge in [-0.05, 0) is 23.8 Å². The molecule has 1 aromatic carbocycles. The van der Waals surface area contributed by atoms with Crippen LogP contribution < -0.4 is 5.73 Å². The largest absolute Gasteiger partial charge is 0.389 e. The van der Waals surface area contributed by atoms with Gasteiger partial charge in [0.15, 0.2) is 0 Å². The van der Waals surface area contributed by atoms with E-state index in [1.165, 1.54) is 18.2 Å². The first-order chi connectivity index (χ1) is 9.32. The van der Waals surface area contributed by atoms with E-state index in [0.717, 1.165) is 4.90 Å².